The van der Waals surface area contributed by atoms with E-state index in [-0.39, 0.29) is 17.9 Å². The largest absolute Gasteiger partial charge is 0.507 e. The Labute approximate surface area is 168 Å². The van der Waals surface area contributed by atoms with E-state index in [0.29, 0.717) is 12.2 Å². The van der Waals surface area contributed by atoms with E-state index in [4.69, 9.17) is 4.74 Å². The van der Waals surface area contributed by atoms with Crippen molar-refractivity contribution in [2.45, 2.75) is 6.04 Å². The molecule has 0 saturated carbocycles. The van der Waals surface area contributed by atoms with Gasteiger partial charge in [-0.3, -0.25) is 9.59 Å². The average Bonchev–Trinajstić information content (AvgIpc) is 3.02. The zero-order valence-electron chi connectivity index (χ0n) is 16.0. The van der Waals surface area contributed by atoms with E-state index in [1.807, 2.05) is 66.7 Å². The molecule has 0 bridgehead atoms. The van der Waals surface area contributed by atoms with Crippen LogP contribution in [0.5, 0.6) is 0 Å². The third kappa shape index (κ3) is 3.41. The fourth-order valence-corrected chi connectivity index (χ4v) is 3.77. The number of fused-ring (bicyclic) bond motifs is 1. The topological polar surface area (TPSA) is 66.8 Å². The van der Waals surface area contributed by atoms with Crippen molar-refractivity contribution in [2.24, 2.45) is 0 Å². The predicted molar refractivity (Wildman–Crippen MR) is 111 cm³/mol. The average molecular weight is 387 g/mol. The standard InChI is InChI=1S/C24H21NO4/c1-29-14-13-25-21(17-8-3-2-4-9-17)20(23(27)24(25)28)22(26)19-12-11-16-7-5-6-10-18(16)15-19/h2-12,15,21,26H,13-14H2,1H3/b22-20-. The van der Waals surface area contributed by atoms with E-state index >= 15 is 0 Å². The first kappa shape index (κ1) is 18.9. The normalized spacial score (nSPS) is 18.5. The van der Waals surface area contributed by atoms with Gasteiger partial charge in [0.1, 0.15) is 5.76 Å². The van der Waals surface area contributed by atoms with Crippen molar-refractivity contribution in [1.82, 2.24) is 4.90 Å². The Bertz CT molecular complexity index is 1100. The van der Waals surface area contributed by atoms with Crippen molar-refractivity contribution in [3.05, 3.63) is 89.5 Å². The third-order valence-electron chi connectivity index (χ3n) is 5.21. The maximum Gasteiger partial charge on any atom is 0.295 e. The molecule has 4 rings (SSSR count). The number of rotatable bonds is 5. The molecule has 1 aliphatic rings. The van der Waals surface area contributed by atoms with Crippen LogP contribution in [0.1, 0.15) is 17.2 Å². The number of hydrogen-bond donors (Lipinski definition) is 1. The third-order valence-corrected chi connectivity index (χ3v) is 5.21. The monoisotopic (exact) mass is 387 g/mol. The van der Waals surface area contributed by atoms with Crippen LogP contribution in [0.25, 0.3) is 16.5 Å². The summed E-state index contributed by atoms with van der Waals surface area (Å²) in [6.45, 7) is 0.557. The van der Waals surface area contributed by atoms with Gasteiger partial charge in [-0.15, -0.1) is 0 Å². The smallest absolute Gasteiger partial charge is 0.295 e. The van der Waals surface area contributed by atoms with Crippen molar-refractivity contribution < 1.29 is 19.4 Å². The van der Waals surface area contributed by atoms with Crippen LogP contribution in [0.15, 0.2) is 78.4 Å². The van der Waals surface area contributed by atoms with Crippen LogP contribution in [0, 0.1) is 0 Å². The summed E-state index contributed by atoms with van der Waals surface area (Å²) in [5.41, 5.74) is 1.38. The number of carbonyl (C=O) groups is 2. The Morgan fingerprint density at radius 3 is 2.38 bits per heavy atom. The molecule has 146 valence electrons. The molecule has 1 unspecified atom stereocenters. The Kier molecular flexibility index (Phi) is 5.14. The number of methoxy groups -OCH3 is 1. The molecular formula is C24H21NO4. The number of Topliss-reactive ketones (excluding diaryl/α,β-unsaturated/α-hetero) is 1. The van der Waals surface area contributed by atoms with Crippen molar-refractivity contribution in [2.75, 3.05) is 20.3 Å². The zero-order valence-corrected chi connectivity index (χ0v) is 16.0. The quantitative estimate of drug-likeness (QED) is 0.410. The van der Waals surface area contributed by atoms with Gasteiger partial charge in [0.05, 0.1) is 18.2 Å². The minimum Gasteiger partial charge on any atom is -0.507 e. The summed E-state index contributed by atoms with van der Waals surface area (Å²) >= 11 is 0. The Morgan fingerprint density at radius 2 is 1.66 bits per heavy atom. The molecule has 5 heteroatoms. The maximum atomic E-state index is 12.9. The van der Waals surface area contributed by atoms with E-state index < -0.39 is 17.7 Å². The molecule has 1 heterocycles. The molecule has 1 saturated heterocycles. The van der Waals surface area contributed by atoms with Gasteiger partial charge in [-0.25, -0.2) is 0 Å². The molecule has 0 spiro atoms. The fourth-order valence-electron chi connectivity index (χ4n) is 3.77. The van der Waals surface area contributed by atoms with Gasteiger partial charge in [0.25, 0.3) is 11.7 Å². The molecule has 1 aliphatic heterocycles. The van der Waals surface area contributed by atoms with Crippen LogP contribution < -0.4 is 0 Å². The van der Waals surface area contributed by atoms with Gasteiger partial charge in [0.2, 0.25) is 0 Å². The predicted octanol–water partition coefficient (Wildman–Crippen LogP) is 3.91. The van der Waals surface area contributed by atoms with Crippen LogP contribution in [0.4, 0.5) is 0 Å². The second-order valence-electron chi connectivity index (χ2n) is 6.96. The van der Waals surface area contributed by atoms with Gasteiger partial charge < -0.3 is 14.7 Å². The van der Waals surface area contributed by atoms with Gasteiger partial charge in [0.15, 0.2) is 0 Å². The number of aliphatic hydroxyl groups is 1. The Morgan fingerprint density at radius 1 is 0.966 bits per heavy atom. The molecule has 1 N–H and O–H groups in total. The van der Waals surface area contributed by atoms with Crippen molar-refractivity contribution in [1.29, 1.82) is 0 Å². The molecule has 1 fully saturated rings. The zero-order chi connectivity index (χ0) is 20.4. The number of ether oxygens (including phenoxy) is 1. The number of amides is 1. The van der Waals surface area contributed by atoms with Crippen molar-refractivity contribution in [3.8, 4) is 0 Å². The summed E-state index contributed by atoms with van der Waals surface area (Å²) in [4.78, 5) is 27.1. The minimum atomic E-state index is -0.680. The van der Waals surface area contributed by atoms with Crippen molar-refractivity contribution >= 4 is 28.2 Å². The number of carbonyl (C=O) groups excluding carboxylic acids is 2. The van der Waals surface area contributed by atoms with Crippen LogP contribution in [-0.2, 0) is 14.3 Å². The highest BCUT2D eigenvalue weighted by molar-refractivity contribution is 6.46. The SMILES string of the molecule is COCCN1C(=O)C(=O)/C(=C(\O)c2ccc3ccccc3c2)C1c1ccccc1. The number of likely N-dealkylation sites (tertiary alicyclic amines) is 1. The molecule has 0 aliphatic carbocycles. The summed E-state index contributed by atoms with van der Waals surface area (Å²) in [6, 6.07) is 21.9. The van der Waals surface area contributed by atoms with E-state index in [9.17, 15) is 14.7 Å². The lowest BCUT2D eigenvalue weighted by molar-refractivity contribution is -0.140. The Hall–Kier alpha value is -3.44. The fraction of sp³-hybridized carbons (Fsp3) is 0.167. The van der Waals surface area contributed by atoms with Gasteiger partial charge in [-0.1, -0.05) is 66.7 Å². The summed E-state index contributed by atoms with van der Waals surface area (Å²) in [5.74, 6) is -1.47. The van der Waals surface area contributed by atoms with Gasteiger partial charge in [0, 0.05) is 19.2 Å². The first-order chi connectivity index (χ1) is 14.1. The number of ketones is 1. The number of hydrogen-bond acceptors (Lipinski definition) is 4. The summed E-state index contributed by atoms with van der Waals surface area (Å²) in [6.07, 6.45) is 0. The first-order valence-corrected chi connectivity index (χ1v) is 9.43. The molecule has 1 atom stereocenters. The van der Waals surface area contributed by atoms with Gasteiger partial charge >= 0.3 is 0 Å². The molecule has 5 nitrogen and oxygen atoms in total. The van der Waals surface area contributed by atoms with E-state index in [1.54, 1.807) is 13.2 Å². The van der Waals surface area contributed by atoms with Crippen LogP contribution in [0.2, 0.25) is 0 Å². The molecule has 3 aromatic rings. The Balaban J connectivity index is 1.87. The second-order valence-corrected chi connectivity index (χ2v) is 6.96. The lowest BCUT2D eigenvalue weighted by atomic mass is 9.94. The van der Waals surface area contributed by atoms with Gasteiger partial charge in [-0.05, 0) is 22.4 Å². The number of benzene rings is 3. The summed E-state index contributed by atoms with van der Waals surface area (Å²) in [5, 5.41) is 13.1. The molecule has 1 amide bonds. The highest BCUT2D eigenvalue weighted by Gasteiger charge is 2.45. The molecule has 3 aromatic carbocycles. The van der Waals surface area contributed by atoms with Gasteiger partial charge in [-0.2, -0.15) is 0 Å². The molecular weight excluding hydrogens is 366 g/mol. The van der Waals surface area contributed by atoms with E-state index in [0.717, 1.165) is 16.3 Å². The first-order valence-electron chi connectivity index (χ1n) is 9.43. The maximum absolute atomic E-state index is 12.9. The van der Waals surface area contributed by atoms with E-state index in [1.165, 1.54) is 4.90 Å². The molecule has 0 aromatic heterocycles. The van der Waals surface area contributed by atoms with Crippen LogP contribution in [0.3, 0.4) is 0 Å². The summed E-state index contributed by atoms with van der Waals surface area (Å²) in [7, 11) is 1.54. The van der Waals surface area contributed by atoms with Crippen LogP contribution >= 0.6 is 0 Å². The van der Waals surface area contributed by atoms with Crippen molar-refractivity contribution in [3.63, 3.8) is 0 Å². The highest BCUT2D eigenvalue weighted by atomic mass is 16.5. The number of aliphatic hydroxyl groups excluding tert-OH is 1. The minimum absolute atomic E-state index is 0.104. The van der Waals surface area contributed by atoms with E-state index in [2.05, 4.69) is 0 Å². The molecule has 29 heavy (non-hydrogen) atoms. The van der Waals surface area contributed by atoms with Crippen LogP contribution in [-0.4, -0.2) is 42.0 Å². The second kappa shape index (κ2) is 7.89. The molecule has 0 radical (unpaired) electrons. The lowest BCUT2D eigenvalue weighted by Gasteiger charge is -2.25. The summed E-state index contributed by atoms with van der Waals surface area (Å²) < 4.78 is 5.12. The lowest BCUT2D eigenvalue weighted by Crippen LogP contribution is -2.32. The number of nitrogens with zero attached hydrogens (tertiary/aromatic N) is 1. The highest BCUT2D eigenvalue weighted by Crippen LogP contribution is 2.39.